The van der Waals surface area contributed by atoms with Crippen LogP contribution in [0, 0.1) is 10.8 Å². The van der Waals surface area contributed by atoms with Gasteiger partial charge in [0.1, 0.15) is 0 Å². The standard InChI is InChI=1S/C10H16N2O3/c1-8(2)9(3)4-5-10(8,6(13)12-11)15-7(9)14/h4-5,11H2,1-3H3,(H,12,13)/t9-,10-/m0/s1. The Hall–Kier alpha value is -1.10. The molecule has 5 nitrogen and oxygen atoms in total. The largest absolute Gasteiger partial charge is 0.448 e. The second-order valence-electron chi connectivity index (χ2n) is 5.15. The smallest absolute Gasteiger partial charge is 0.313 e. The van der Waals surface area contributed by atoms with Crippen LogP contribution in [0.3, 0.4) is 0 Å². The minimum atomic E-state index is -1.08. The SMILES string of the molecule is CC1(C)[C@@]2(C)CC[C@@]1(C(=O)NN)OC2=O. The van der Waals surface area contributed by atoms with E-state index in [4.69, 9.17) is 10.6 Å². The van der Waals surface area contributed by atoms with Gasteiger partial charge in [0.25, 0.3) is 5.91 Å². The van der Waals surface area contributed by atoms with E-state index in [1.165, 1.54) is 0 Å². The fourth-order valence-corrected chi connectivity index (χ4v) is 2.86. The number of ether oxygens (including phenoxy) is 1. The number of carbonyl (C=O) groups is 2. The van der Waals surface area contributed by atoms with Crippen LogP contribution in [-0.4, -0.2) is 17.5 Å². The number of esters is 1. The number of hydrogen-bond donors (Lipinski definition) is 2. The van der Waals surface area contributed by atoms with Crippen molar-refractivity contribution < 1.29 is 14.3 Å². The Labute approximate surface area is 88.3 Å². The average molecular weight is 212 g/mol. The van der Waals surface area contributed by atoms with Crippen molar-refractivity contribution in [2.45, 2.75) is 39.2 Å². The molecule has 2 aliphatic rings. The molecule has 0 spiro atoms. The predicted molar refractivity (Wildman–Crippen MR) is 52.3 cm³/mol. The number of amides is 1. The minimum absolute atomic E-state index is 0.289. The van der Waals surface area contributed by atoms with Crippen LogP contribution in [0.4, 0.5) is 0 Å². The average Bonchev–Trinajstić information content (AvgIpc) is 2.47. The molecule has 1 saturated heterocycles. The van der Waals surface area contributed by atoms with E-state index >= 15 is 0 Å². The van der Waals surface area contributed by atoms with Crippen molar-refractivity contribution in [3.05, 3.63) is 0 Å². The number of fused-ring (bicyclic) bond motifs is 2. The molecular weight excluding hydrogens is 196 g/mol. The lowest BCUT2D eigenvalue weighted by molar-refractivity contribution is -0.168. The Kier molecular flexibility index (Phi) is 1.75. The lowest BCUT2D eigenvalue weighted by atomic mass is 9.66. The molecule has 1 aliphatic carbocycles. The van der Waals surface area contributed by atoms with E-state index in [1.54, 1.807) is 0 Å². The zero-order valence-corrected chi connectivity index (χ0v) is 9.22. The third-order valence-electron chi connectivity index (χ3n) is 4.58. The van der Waals surface area contributed by atoms with Gasteiger partial charge in [-0.05, 0) is 19.8 Å². The van der Waals surface area contributed by atoms with Crippen LogP contribution < -0.4 is 11.3 Å². The molecule has 2 fully saturated rings. The maximum absolute atomic E-state index is 11.8. The van der Waals surface area contributed by atoms with Gasteiger partial charge < -0.3 is 4.74 Å². The molecule has 1 aliphatic heterocycles. The van der Waals surface area contributed by atoms with Crippen LogP contribution in [0.25, 0.3) is 0 Å². The van der Waals surface area contributed by atoms with Crippen LogP contribution in [0.5, 0.6) is 0 Å². The molecule has 2 bridgehead atoms. The topological polar surface area (TPSA) is 81.4 Å². The van der Waals surface area contributed by atoms with Crippen LogP contribution >= 0.6 is 0 Å². The summed E-state index contributed by atoms with van der Waals surface area (Å²) in [5, 5.41) is 0. The predicted octanol–water partition coefficient (Wildman–Crippen LogP) is 0.0982. The number of nitrogens with one attached hydrogen (secondary N) is 1. The maximum Gasteiger partial charge on any atom is 0.313 e. The molecule has 1 heterocycles. The van der Waals surface area contributed by atoms with E-state index < -0.39 is 22.3 Å². The number of carbonyl (C=O) groups excluding carboxylic acids is 2. The van der Waals surface area contributed by atoms with E-state index in [2.05, 4.69) is 5.43 Å². The molecule has 0 radical (unpaired) electrons. The van der Waals surface area contributed by atoms with E-state index in [1.807, 2.05) is 20.8 Å². The van der Waals surface area contributed by atoms with Gasteiger partial charge in [0.15, 0.2) is 5.60 Å². The number of nitrogens with two attached hydrogens (primary N) is 1. The molecule has 1 saturated carbocycles. The van der Waals surface area contributed by atoms with Gasteiger partial charge in [-0.15, -0.1) is 0 Å². The minimum Gasteiger partial charge on any atom is -0.448 e. The maximum atomic E-state index is 11.8. The van der Waals surface area contributed by atoms with Crippen LogP contribution in [0.2, 0.25) is 0 Å². The van der Waals surface area contributed by atoms with Gasteiger partial charge in [0.05, 0.1) is 5.41 Å². The molecular formula is C10H16N2O3. The van der Waals surface area contributed by atoms with Gasteiger partial charge in [-0.2, -0.15) is 0 Å². The van der Waals surface area contributed by atoms with Gasteiger partial charge in [0.2, 0.25) is 0 Å². The van der Waals surface area contributed by atoms with Crippen molar-refractivity contribution in [3.63, 3.8) is 0 Å². The molecule has 0 aromatic carbocycles. The molecule has 84 valence electrons. The van der Waals surface area contributed by atoms with Crippen molar-refractivity contribution in [2.75, 3.05) is 0 Å². The first-order chi connectivity index (χ1) is 6.82. The highest BCUT2D eigenvalue weighted by Gasteiger charge is 2.75. The van der Waals surface area contributed by atoms with E-state index in [-0.39, 0.29) is 5.97 Å². The first-order valence-electron chi connectivity index (χ1n) is 5.06. The first kappa shape index (κ1) is 10.4. The van der Waals surface area contributed by atoms with Gasteiger partial charge in [-0.3, -0.25) is 15.0 Å². The van der Waals surface area contributed by atoms with E-state index in [0.717, 1.165) is 0 Å². The number of hydrazine groups is 1. The molecule has 0 aromatic rings. The summed E-state index contributed by atoms with van der Waals surface area (Å²) < 4.78 is 5.29. The van der Waals surface area contributed by atoms with Gasteiger partial charge >= 0.3 is 5.97 Å². The highest BCUT2D eigenvalue weighted by Crippen LogP contribution is 2.65. The summed E-state index contributed by atoms with van der Waals surface area (Å²) in [5.41, 5.74) is -0.0565. The summed E-state index contributed by atoms with van der Waals surface area (Å²) in [6, 6.07) is 0. The molecule has 0 aromatic heterocycles. The van der Waals surface area contributed by atoms with Crippen molar-refractivity contribution in [1.29, 1.82) is 0 Å². The summed E-state index contributed by atoms with van der Waals surface area (Å²) in [5.74, 6) is 4.46. The number of rotatable bonds is 1. The molecule has 1 amide bonds. The second-order valence-corrected chi connectivity index (χ2v) is 5.15. The Morgan fingerprint density at radius 2 is 2.00 bits per heavy atom. The van der Waals surface area contributed by atoms with Crippen LogP contribution in [0.15, 0.2) is 0 Å². The summed E-state index contributed by atoms with van der Waals surface area (Å²) in [4.78, 5) is 23.5. The van der Waals surface area contributed by atoms with E-state index in [0.29, 0.717) is 12.8 Å². The monoisotopic (exact) mass is 212 g/mol. The second kappa shape index (κ2) is 2.52. The van der Waals surface area contributed by atoms with Crippen molar-refractivity contribution in [3.8, 4) is 0 Å². The van der Waals surface area contributed by atoms with Crippen molar-refractivity contribution in [2.24, 2.45) is 16.7 Å². The highest BCUT2D eigenvalue weighted by atomic mass is 16.6. The zero-order chi connectivity index (χ0) is 11.5. The normalized spacial score (nSPS) is 41.5. The third kappa shape index (κ3) is 0.833. The zero-order valence-electron chi connectivity index (χ0n) is 9.22. The van der Waals surface area contributed by atoms with Crippen LogP contribution in [0.1, 0.15) is 33.6 Å². The Bertz CT molecular complexity index is 353. The van der Waals surface area contributed by atoms with Gasteiger partial charge in [-0.25, -0.2) is 5.84 Å². The molecule has 2 atom stereocenters. The first-order valence-corrected chi connectivity index (χ1v) is 5.06. The third-order valence-corrected chi connectivity index (χ3v) is 4.58. The lowest BCUT2D eigenvalue weighted by Crippen LogP contribution is -2.55. The lowest BCUT2D eigenvalue weighted by Gasteiger charge is -2.34. The Morgan fingerprint density at radius 1 is 1.40 bits per heavy atom. The molecule has 15 heavy (non-hydrogen) atoms. The summed E-state index contributed by atoms with van der Waals surface area (Å²) >= 11 is 0. The highest BCUT2D eigenvalue weighted by molar-refractivity contribution is 5.95. The van der Waals surface area contributed by atoms with Gasteiger partial charge in [-0.1, -0.05) is 13.8 Å². The fraction of sp³-hybridized carbons (Fsp3) is 0.800. The fourth-order valence-electron chi connectivity index (χ4n) is 2.86. The Morgan fingerprint density at radius 3 is 2.33 bits per heavy atom. The van der Waals surface area contributed by atoms with E-state index in [9.17, 15) is 9.59 Å². The molecule has 5 heteroatoms. The van der Waals surface area contributed by atoms with Gasteiger partial charge in [0, 0.05) is 5.41 Å². The molecule has 3 N–H and O–H groups in total. The quantitative estimate of drug-likeness (QED) is 0.279. The Balaban J connectivity index is 2.54. The summed E-state index contributed by atoms with van der Waals surface area (Å²) in [6.07, 6.45) is 1.22. The molecule has 2 rings (SSSR count). The van der Waals surface area contributed by atoms with Crippen LogP contribution in [-0.2, 0) is 14.3 Å². The summed E-state index contributed by atoms with van der Waals surface area (Å²) in [7, 11) is 0. The number of hydrogen-bond acceptors (Lipinski definition) is 4. The summed E-state index contributed by atoms with van der Waals surface area (Å²) in [6.45, 7) is 5.63. The molecule has 0 unspecified atom stereocenters. The van der Waals surface area contributed by atoms with Crippen molar-refractivity contribution >= 4 is 11.9 Å². The van der Waals surface area contributed by atoms with Crippen molar-refractivity contribution in [1.82, 2.24) is 5.43 Å².